The van der Waals surface area contributed by atoms with E-state index in [1.165, 1.54) is 98.0 Å². The minimum absolute atomic E-state index is 0.914. The number of benzene rings is 10. The summed E-state index contributed by atoms with van der Waals surface area (Å²) in [5.74, 6) is 0. The summed E-state index contributed by atoms with van der Waals surface area (Å²) in [6, 6.07) is 66.2. The van der Waals surface area contributed by atoms with Crippen molar-refractivity contribution in [3.05, 3.63) is 182 Å². The predicted molar refractivity (Wildman–Crippen MR) is 218 cm³/mol. The fraction of sp³-hybridized carbons (Fsp3) is 0. The van der Waals surface area contributed by atoms with E-state index in [2.05, 4.69) is 182 Å². The number of hydrogen-bond acceptors (Lipinski definition) is 1. The highest BCUT2D eigenvalue weighted by molar-refractivity contribution is 6.31. The van der Waals surface area contributed by atoms with Gasteiger partial charge in [-0.25, -0.2) is 0 Å². The number of rotatable bonds is 3. The molecule has 0 N–H and O–H groups in total. The molecule has 0 amide bonds. The minimum atomic E-state index is 0.914. The zero-order valence-corrected chi connectivity index (χ0v) is 27.7. The van der Waals surface area contributed by atoms with E-state index < -0.39 is 0 Å². The minimum Gasteiger partial charge on any atom is -0.456 e. The highest BCUT2D eigenvalue weighted by Crippen LogP contribution is 2.48. The van der Waals surface area contributed by atoms with Gasteiger partial charge in [0.1, 0.15) is 11.2 Å². The van der Waals surface area contributed by atoms with Crippen molar-refractivity contribution in [2.45, 2.75) is 0 Å². The van der Waals surface area contributed by atoms with E-state index in [9.17, 15) is 0 Å². The Morgan fingerprint density at radius 3 is 1.49 bits per heavy atom. The fourth-order valence-corrected chi connectivity index (χ4v) is 8.55. The van der Waals surface area contributed by atoms with Crippen molar-refractivity contribution in [2.75, 3.05) is 0 Å². The molecule has 1 heteroatoms. The Morgan fingerprint density at radius 1 is 0.275 bits per heavy atom. The first-order chi connectivity index (χ1) is 25.3. The number of fused-ring (bicyclic) bond motifs is 10. The lowest BCUT2D eigenvalue weighted by molar-refractivity contribution is 0.669. The normalized spacial score (nSPS) is 11.9. The summed E-state index contributed by atoms with van der Waals surface area (Å²) < 4.78 is 6.73. The summed E-state index contributed by atoms with van der Waals surface area (Å²) in [6.45, 7) is 0. The summed E-state index contributed by atoms with van der Waals surface area (Å²) in [5, 5.41) is 14.7. The molecule has 1 nitrogen and oxygen atoms in total. The molecular formula is C50H30O. The van der Waals surface area contributed by atoms with Crippen LogP contribution in [0, 0.1) is 0 Å². The van der Waals surface area contributed by atoms with Gasteiger partial charge in [-0.05, 0) is 112 Å². The molecule has 236 valence electrons. The molecule has 0 fully saturated rings. The SMILES string of the molecule is c1ccc(-c2ccc3cc(-c4c5ccccc5c(-c5cc6oc7ccc8ccccc8c7c6c6ccccc56)c5ccccc45)ccc3c2)cc1. The van der Waals surface area contributed by atoms with E-state index in [1.807, 2.05) is 0 Å². The number of furan rings is 1. The summed E-state index contributed by atoms with van der Waals surface area (Å²) in [7, 11) is 0. The van der Waals surface area contributed by atoms with Crippen molar-refractivity contribution in [3.63, 3.8) is 0 Å². The van der Waals surface area contributed by atoms with Crippen molar-refractivity contribution in [3.8, 4) is 33.4 Å². The third-order valence-electron chi connectivity index (χ3n) is 10.8. The summed E-state index contributed by atoms with van der Waals surface area (Å²) in [4.78, 5) is 0. The van der Waals surface area contributed by atoms with Gasteiger partial charge in [0.15, 0.2) is 0 Å². The molecule has 0 bridgehead atoms. The zero-order valence-electron chi connectivity index (χ0n) is 27.7. The van der Waals surface area contributed by atoms with E-state index in [0.717, 1.165) is 11.2 Å². The van der Waals surface area contributed by atoms with Gasteiger partial charge >= 0.3 is 0 Å². The van der Waals surface area contributed by atoms with Crippen molar-refractivity contribution in [2.24, 2.45) is 0 Å². The van der Waals surface area contributed by atoms with Gasteiger partial charge in [-0.3, -0.25) is 0 Å². The van der Waals surface area contributed by atoms with Crippen molar-refractivity contribution in [1.82, 2.24) is 0 Å². The van der Waals surface area contributed by atoms with Gasteiger partial charge < -0.3 is 4.42 Å². The summed E-state index contributed by atoms with van der Waals surface area (Å²) in [5.41, 5.74) is 9.21. The Balaban J connectivity index is 1.20. The van der Waals surface area contributed by atoms with Crippen LogP contribution in [0.5, 0.6) is 0 Å². The third-order valence-corrected chi connectivity index (χ3v) is 10.8. The van der Waals surface area contributed by atoms with Crippen LogP contribution in [0.2, 0.25) is 0 Å². The predicted octanol–water partition coefficient (Wildman–Crippen LogP) is 14.4. The molecule has 1 heterocycles. The van der Waals surface area contributed by atoms with Gasteiger partial charge in [-0.15, -0.1) is 0 Å². The van der Waals surface area contributed by atoms with Crippen molar-refractivity contribution < 1.29 is 4.42 Å². The van der Waals surface area contributed by atoms with Gasteiger partial charge in [-0.2, -0.15) is 0 Å². The Hall–Kier alpha value is -6.70. The van der Waals surface area contributed by atoms with Crippen LogP contribution in [0.1, 0.15) is 0 Å². The monoisotopic (exact) mass is 646 g/mol. The molecule has 0 aliphatic heterocycles. The molecule has 11 rings (SSSR count). The maximum atomic E-state index is 6.73. The lowest BCUT2D eigenvalue weighted by Gasteiger charge is -2.19. The topological polar surface area (TPSA) is 13.1 Å². The van der Waals surface area contributed by atoms with Crippen LogP contribution in [0.3, 0.4) is 0 Å². The summed E-state index contributed by atoms with van der Waals surface area (Å²) >= 11 is 0. The smallest absolute Gasteiger partial charge is 0.136 e. The van der Waals surface area contributed by atoms with E-state index in [1.54, 1.807) is 0 Å². The van der Waals surface area contributed by atoms with E-state index in [0.29, 0.717) is 0 Å². The van der Waals surface area contributed by atoms with E-state index >= 15 is 0 Å². The maximum absolute atomic E-state index is 6.73. The van der Waals surface area contributed by atoms with Crippen LogP contribution in [-0.2, 0) is 0 Å². The molecular weight excluding hydrogens is 617 g/mol. The molecule has 1 aromatic heterocycles. The highest BCUT2D eigenvalue weighted by Gasteiger charge is 2.21. The van der Waals surface area contributed by atoms with Gasteiger partial charge in [0, 0.05) is 10.8 Å². The average Bonchev–Trinajstić information content (AvgIpc) is 3.59. The molecule has 0 atom stereocenters. The van der Waals surface area contributed by atoms with Crippen LogP contribution in [0.15, 0.2) is 186 Å². The number of hydrogen-bond donors (Lipinski definition) is 0. The van der Waals surface area contributed by atoms with Gasteiger partial charge in [-0.1, -0.05) is 158 Å². The molecule has 0 aliphatic rings. The Labute approximate surface area is 294 Å². The summed E-state index contributed by atoms with van der Waals surface area (Å²) in [6.07, 6.45) is 0. The van der Waals surface area contributed by atoms with Crippen LogP contribution < -0.4 is 0 Å². The Bertz CT molecular complexity index is 3130. The maximum Gasteiger partial charge on any atom is 0.136 e. The third kappa shape index (κ3) is 4.22. The zero-order chi connectivity index (χ0) is 33.5. The molecule has 0 aliphatic carbocycles. The van der Waals surface area contributed by atoms with Crippen LogP contribution in [0.4, 0.5) is 0 Å². The second-order valence-corrected chi connectivity index (χ2v) is 13.6. The highest BCUT2D eigenvalue weighted by atomic mass is 16.3. The van der Waals surface area contributed by atoms with Gasteiger partial charge in [0.25, 0.3) is 0 Å². The molecule has 51 heavy (non-hydrogen) atoms. The Morgan fingerprint density at radius 2 is 0.784 bits per heavy atom. The first-order valence-electron chi connectivity index (χ1n) is 17.6. The van der Waals surface area contributed by atoms with Crippen LogP contribution in [-0.4, -0.2) is 0 Å². The van der Waals surface area contributed by atoms with E-state index in [4.69, 9.17) is 4.42 Å². The second kappa shape index (κ2) is 10.9. The Kier molecular flexibility index (Phi) is 6.02. The average molecular weight is 647 g/mol. The molecule has 0 saturated heterocycles. The second-order valence-electron chi connectivity index (χ2n) is 13.6. The first kappa shape index (κ1) is 28.2. The molecule has 11 aromatic rings. The largest absolute Gasteiger partial charge is 0.456 e. The quantitative estimate of drug-likeness (QED) is 0.174. The molecule has 0 unspecified atom stereocenters. The standard InChI is InChI=1S/C50H30O/c1-2-12-31(13-3-1)33-22-23-35-29-36(25-24-34(35)28-33)47-40-18-8-10-20-42(40)48(43-21-11-9-19-41(43)47)44-30-46-50(39-17-7-6-16-38(39)44)49-37-15-5-4-14-32(37)26-27-45(49)51-46/h1-30H. The van der Waals surface area contributed by atoms with Gasteiger partial charge in [0.2, 0.25) is 0 Å². The van der Waals surface area contributed by atoms with Gasteiger partial charge in [0.05, 0.1) is 0 Å². The lowest BCUT2D eigenvalue weighted by Crippen LogP contribution is -1.92. The van der Waals surface area contributed by atoms with Crippen molar-refractivity contribution >= 4 is 75.8 Å². The molecule has 0 saturated carbocycles. The van der Waals surface area contributed by atoms with Crippen molar-refractivity contribution in [1.29, 1.82) is 0 Å². The van der Waals surface area contributed by atoms with E-state index in [-0.39, 0.29) is 0 Å². The molecule has 10 aromatic carbocycles. The van der Waals surface area contributed by atoms with Crippen LogP contribution >= 0.6 is 0 Å². The lowest BCUT2D eigenvalue weighted by atomic mass is 9.84. The fourth-order valence-electron chi connectivity index (χ4n) is 8.55. The first-order valence-corrected chi connectivity index (χ1v) is 17.6. The molecule has 0 radical (unpaired) electrons. The van der Waals surface area contributed by atoms with Crippen LogP contribution in [0.25, 0.3) is 109 Å². The molecule has 0 spiro atoms.